The van der Waals surface area contributed by atoms with Crippen LogP contribution in [0.1, 0.15) is 27.2 Å². The Morgan fingerprint density at radius 1 is 1.25 bits per heavy atom. The second-order valence-corrected chi connectivity index (χ2v) is 5.88. The molecular formula is C16H21N3O. The SMILES string of the molecule is CC(C)(C)NCCC(=O)Nc1cccc2ccncc12. The van der Waals surface area contributed by atoms with Crippen LogP contribution in [0.15, 0.2) is 36.7 Å². The van der Waals surface area contributed by atoms with E-state index in [-0.39, 0.29) is 11.4 Å². The molecule has 0 unspecified atom stereocenters. The first-order chi connectivity index (χ1) is 9.46. The zero-order valence-electron chi connectivity index (χ0n) is 12.2. The van der Waals surface area contributed by atoms with Gasteiger partial charge in [0.15, 0.2) is 0 Å². The van der Waals surface area contributed by atoms with E-state index in [2.05, 4.69) is 36.4 Å². The molecule has 4 nitrogen and oxygen atoms in total. The molecule has 1 heterocycles. The molecule has 4 heteroatoms. The summed E-state index contributed by atoms with van der Waals surface area (Å²) in [6.07, 6.45) is 3.98. The van der Waals surface area contributed by atoms with Crippen LogP contribution in [0.3, 0.4) is 0 Å². The number of amides is 1. The molecule has 106 valence electrons. The number of hydrogen-bond donors (Lipinski definition) is 2. The third-order valence-corrected chi connectivity index (χ3v) is 2.97. The van der Waals surface area contributed by atoms with Gasteiger partial charge in [0, 0.05) is 36.3 Å². The summed E-state index contributed by atoms with van der Waals surface area (Å²) in [7, 11) is 0. The maximum Gasteiger partial charge on any atom is 0.225 e. The molecule has 0 radical (unpaired) electrons. The van der Waals surface area contributed by atoms with Crippen LogP contribution in [-0.2, 0) is 4.79 Å². The van der Waals surface area contributed by atoms with E-state index in [1.807, 2.05) is 24.3 Å². The number of pyridine rings is 1. The van der Waals surface area contributed by atoms with E-state index in [0.717, 1.165) is 16.5 Å². The summed E-state index contributed by atoms with van der Waals surface area (Å²) in [5, 5.41) is 8.29. The van der Waals surface area contributed by atoms with Crippen LogP contribution in [0, 0.1) is 0 Å². The first-order valence-electron chi connectivity index (χ1n) is 6.83. The van der Waals surface area contributed by atoms with Gasteiger partial charge in [-0.2, -0.15) is 0 Å². The second-order valence-electron chi connectivity index (χ2n) is 5.88. The van der Waals surface area contributed by atoms with Crippen molar-refractivity contribution in [3.8, 4) is 0 Å². The molecule has 0 atom stereocenters. The minimum absolute atomic E-state index is 0.0121. The molecule has 2 N–H and O–H groups in total. The van der Waals surface area contributed by atoms with Gasteiger partial charge in [0.1, 0.15) is 0 Å². The number of carbonyl (C=O) groups is 1. The Labute approximate surface area is 119 Å². The van der Waals surface area contributed by atoms with Crippen molar-refractivity contribution in [3.05, 3.63) is 36.7 Å². The molecular weight excluding hydrogens is 250 g/mol. The molecule has 0 saturated carbocycles. The number of nitrogens with one attached hydrogen (secondary N) is 2. The smallest absolute Gasteiger partial charge is 0.225 e. The summed E-state index contributed by atoms with van der Waals surface area (Å²) in [5.74, 6) is 0.0121. The molecule has 0 bridgehead atoms. The lowest BCUT2D eigenvalue weighted by Gasteiger charge is -2.20. The molecule has 0 saturated heterocycles. The van der Waals surface area contributed by atoms with Crippen molar-refractivity contribution in [2.45, 2.75) is 32.7 Å². The van der Waals surface area contributed by atoms with E-state index in [9.17, 15) is 4.79 Å². The number of aromatic nitrogens is 1. The number of nitrogens with zero attached hydrogens (tertiary/aromatic N) is 1. The number of benzene rings is 1. The van der Waals surface area contributed by atoms with Crippen LogP contribution in [0.5, 0.6) is 0 Å². The fraction of sp³-hybridized carbons (Fsp3) is 0.375. The highest BCUT2D eigenvalue weighted by Crippen LogP contribution is 2.21. The molecule has 0 aliphatic rings. The fourth-order valence-corrected chi connectivity index (χ4v) is 1.99. The van der Waals surface area contributed by atoms with Crippen LogP contribution in [-0.4, -0.2) is 23.0 Å². The van der Waals surface area contributed by atoms with Crippen LogP contribution in [0.4, 0.5) is 5.69 Å². The number of rotatable bonds is 4. The van der Waals surface area contributed by atoms with E-state index in [1.165, 1.54) is 0 Å². The van der Waals surface area contributed by atoms with E-state index in [1.54, 1.807) is 12.4 Å². The molecule has 0 aliphatic heterocycles. The summed E-state index contributed by atoms with van der Waals surface area (Å²) >= 11 is 0. The van der Waals surface area contributed by atoms with Gasteiger partial charge in [-0.15, -0.1) is 0 Å². The third kappa shape index (κ3) is 4.03. The first kappa shape index (κ1) is 14.5. The van der Waals surface area contributed by atoms with Crippen molar-refractivity contribution >= 4 is 22.4 Å². The number of hydrogen-bond acceptors (Lipinski definition) is 3. The lowest BCUT2D eigenvalue weighted by molar-refractivity contribution is -0.116. The minimum atomic E-state index is 0.0121. The van der Waals surface area contributed by atoms with Crippen LogP contribution in [0.25, 0.3) is 10.8 Å². The first-order valence-corrected chi connectivity index (χ1v) is 6.83. The van der Waals surface area contributed by atoms with Crippen molar-refractivity contribution in [2.24, 2.45) is 0 Å². The lowest BCUT2D eigenvalue weighted by atomic mass is 10.1. The van der Waals surface area contributed by atoms with Crippen molar-refractivity contribution in [3.63, 3.8) is 0 Å². The Balaban J connectivity index is 2.00. The largest absolute Gasteiger partial charge is 0.325 e. The van der Waals surface area contributed by atoms with Crippen LogP contribution in [0.2, 0.25) is 0 Å². The van der Waals surface area contributed by atoms with Crippen LogP contribution >= 0.6 is 0 Å². The molecule has 0 aliphatic carbocycles. The minimum Gasteiger partial charge on any atom is -0.325 e. The van der Waals surface area contributed by atoms with E-state index >= 15 is 0 Å². The van der Waals surface area contributed by atoms with Gasteiger partial charge in [-0.1, -0.05) is 12.1 Å². The quantitative estimate of drug-likeness (QED) is 0.899. The van der Waals surface area contributed by atoms with Gasteiger partial charge >= 0.3 is 0 Å². The Morgan fingerprint density at radius 3 is 2.80 bits per heavy atom. The topological polar surface area (TPSA) is 54.0 Å². The van der Waals surface area contributed by atoms with E-state index in [0.29, 0.717) is 13.0 Å². The molecule has 20 heavy (non-hydrogen) atoms. The fourth-order valence-electron chi connectivity index (χ4n) is 1.99. The normalized spacial score (nSPS) is 11.6. The Bertz CT molecular complexity index is 597. The lowest BCUT2D eigenvalue weighted by Crippen LogP contribution is -2.37. The number of anilines is 1. The molecule has 1 amide bonds. The van der Waals surface area contributed by atoms with Crippen molar-refractivity contribution in [1.82, 2.24) is 10.3 Å². The van der Waals surface area contributed by atoms with Gasteiger partial charge in [-0.3, -0.25) is 9.78 Å². The molecule has 2 rings (SSSR count). The summed E-state index contributed by atoms with van der Waals surface area (Å²) in [5.41, 5.74) is 0.847. The van der Waals surface area contributed by atoms with Gasteiger partial charge in [0.25, 0.3) is 0 Å². The molecule has 1 aromatic carbocycles. The highest BCUT2D eigenvalue weighted by molar-refractivity contribution is 6.01. The summed E-state index contributed by atoms with van der Waals surface area (Å²) < 4.78 is 0. The Hall–Kier alpha value is -1.94. The molecule has 0 spiro atoms. The van der Waals surface area contributed by atoms with Gasteiger partial charge in [0.2, 0.25) is 5.91 Å². The predicted octanol–water partition coefficient (Wildman–Crippen LogP) is 2.95. The Morgan fingerprint density at radius 2 is 2.05 bits per heavy atom. The molecule has 0 fully saturated rings. The number of fused-ring (bicyclic) bond motifs is 1. The second kappa shape index (κ2) is 6.01. The van der Waals surface area contributed by atoms with Crippen molar-refractivity contribution < 1.29 is 4.79 Å². The number of carbonyl (C=O) groups excluding carboxylic acids is 1. The van der Waals surface area contributed by atoms with Gasteiger partial charge < -0.3 is 10.6 Å². The zero-order valence-corrected chi connectivity index (χ0v) is 12.2. The molecule has 2 aromatic rings. The Kier molecular flexibility index (Phi) is 4.35. The highest BCUT2D eigenvalue weighted by Gasteiger charge is 2.10. The predicted molar refractivity (Wildman–Crippen MR) is 82.7 cm³/mol. The van der Waals surface area contributed by atoms with Crippen LogP contribution < -0.4 is 10.6 Å². The summed E-state index contributed by atoms with van der Waals surface area (Å²) in [6, 6.07) is 7.78. The van der Waals surface area contributed by atoms with Crippen molar-refractivity contribution in [1.29, 1.82) is 0 Å². The summed E-state index contributed by atoms with van der Waals surface area (Å²) in [6.45, 7) is 6.92. The monoisotopic (exact) mass is 271 g/mol. The van der Waals surface area contributed by atoms with Gasteiger partial charge in [-0.05, 0) is 38.3 Å². The summed E-state index contributed by atoms with van der Waals surface area (Å²) in [4.78, 5) is 16.1. The highest BCUT2D eigenvalue weighted by atomic mass is 16.1. The molecule has 1 aromatic heterocycles. The average molecular weight is 271 g/mol. The maximum absolute atomic E-state index is 12.0. The van der Waals surface area contributed by atoms with Gasteiger partial charge in [0.05, 0.1) is 5.69 Å². The van der Waals surface area contributed by atoms with Gasteiger partial charge in [-0.25, -0.2) is 0 Å². The van der Waals surface area contributed by atoms with E-state index in [4.69, 9.17) is 0 Å². The standard InChI is InChI=1S/C16H21N3O/c1-16(2,3)18-10-8-15(20)19-14-6-4-5-12-7-9-17-11-13(12)14/h4-7,9,11,18H,8,10H2,1-3H3,(H,19,20). The third-order valence-electron chi connectivity index (χ3n) is 2.97. The average Bonchev–Trinajstić information content (AvgIpc) is 2.37. The zero-order chi connectivity index (χ0) is 14.6. The maximum atomic E-state index is 12.0. The van der Waals surface area contributed by atoms with E-state index < -0.39 is 0 Å². The van der Waals surface area contributed by atoms with Crippen molar-refractivity contribution in [2.75, 3.05) is 11.9 Å².